The van der Waals surface area contributed by atoms with Crippen LogP contribution in [0.25, 0.3) is 6.08 Å². The van der Waals surface area contributed by atoms with Gasteiger partial charge in [0.2, 0.25) is 0 Å². The van der Waals surface area contributed by atoms with Gasteiger partial charge >= 0.3 is 5.97 Å². The van der Waals surface area contributed by atoms with E-state index in [0.717, 1.165) is 6.07 Å². The van der Waals surface area contributed by atoms with Crippen LogP contribution in [0.3, 0.4) is 0 Å². The Morgan fingerprint density at radius 2 is 2.04 bits per heavy atom. The van der Waals surface area contributed by atoms with Crippen molar-refractivity contribution in [2.75, 3.05) is 6.61 Å². The number of benzene rings is 1. The van der Waals surface area contributed by atoms with Crippen LogP contribution in [0.2, 0.25) is 0 Å². The van der Waals surface area contributed by atoms with E-state index in [0.29, 0.717) is 11.3 Å². The molecule has 7 nitrogen and oxygen atoms in total. The van der Waals surface area contributed by atoms with E-state index in [4.69, 9.17) is 9.84 Å². The number of nitrogens with one attached hydrogen (secondary N) is 1. The fourth-order valence-corrected chi connectivity index (χ4v) is 2.09. The number of hydrogen-bond donors (Lipinski definition) is 3. The van der Waals surface area contributed by atoms with Crippen LogP contribution in [0.1, 0.15) is 21.6 Å². The van der Waals surface area contributed by atoms with Crippen molar-refractivity contribution >= 4 is 17.8 Å². The predicted molar refractivity (Wildman–Crippen MR) is 86.4 cm³/mol. The number of ether oxygens (including phenoxy) is 1. The van der Waals surface area contributed by atoms with E-state index in [1.807, 2.05) is 0 Å². The first-order valence-electron chi connectivity index (χ1n) is 6.97. The van der Waals surface area contributed by atoms with Crippen molar-refractivity contribution in [2.45, 2.75) is 6.92 Å². The van der Waals surface area contributed by atoms with Gasteiger partial charge in [0.25, 0.3) is 5.56 Å². The molecule has 1 heterocycles. The van der Waals surface area contributed by atoms with Gasteiger partial charge < -0.3 is 19.9 Å². The number of aliphatic carboxylic acids is 1. The number of ketones is 1. The van der Waals surface area contributed by atoms with E-state index >= 15 is 0 Å². The molecule has 0 bridgehead atoms. The van der Waals surface area contributed by atoms with Gasteiger partial charge in [0.15, 0.2) is 12.4 Å². The van der Waals surface area contributed by atoms with Crippen molar-refractivity contribution in [3.05, 3.63) is 63.6 Å². The number of carbonyl (C=O) groups is 2. The normalized spacial score (nSPS) is 10.7. The largest absolute Gasteiger partial charge is 0.507 e. The number of carbonyl (C=O) groups excluding carboxylic acids is 1. The van der Waals surface area contributed by atoms with Crippen molar-refractivity contribution < 1.29 is 24.5 Å². The van der Waals surface area contributed by atoms with Gasteiger partial charge in [-0.05, 0) is 30.7 Å². The van der Waals surface area contributed by atoms with Gasteiger partial charge in [-0.3, -0.25) is 9.59 Å². The molecule has 2 rings (SSSR count). The fraction of sp³-hybridized carbons (Fsp3) is 0.118. The Morgan fingerprint density at radius 3 is 2.71 bits per heavy atom. The second-order valence-corrected chi connectivity index (χ2v) is 4.97. The lowest BCUT2D eigenvalue weighted by Gasteiger charge is -2.05. The number of aryl methyl sites for hydroxylation is 1. The molecule has 1 aromatic heterocycles. The van der Waals surface area contributed by atoms with Gasteiger partial charge in [0, 0.05) is 11.8 Å². The molecule has 0 unspecified atom stereocenters. The molecule has 0 aliphatic carbocycles. The van der Waals surface area contributed by atoms with Crippen molar-refractivity contribution in [3.63, 3.8) is 0 Å². The molecule has 0 fully saturated rings. The Morgan fingerprint density at radius 1 is 1.29 bits per heavy atom. The van der Waals surface area contributed by atoms with E-state index in [-0.39, 0.29) is 17.0 Å². The van der Waals surface area contributed by atoms with Gasteiger partial charge in [-0.15, -0.1) is 0 Å². The number of H-pyrrole nitrogens is 1. The Labute approximate surface area is 136 Å². The third-order valence-corrected chi connectivity index (χ3v) is 3.10. The lowest BCUT2D eigenvalue weighted by Crippen LogP contribution is -2.10. The van der Waals surface area contributed by atoms with Gasteiger partial charge in [0.1, 0.15) is 11.5 Å². The quantitative estimate of drug-likeness (QED) is 0.549. The lowest BCUT2D eigenvalue weighted by molar-refractivity contribution is -0.139. The highest BCUT2D eigenvalue weighted by molar-refractivity contribution is 6.09. The highest BCUT2D eigenvalue weighted by atomic mass is 16.5. The number of carboxylic acid groups (broad SMARTS) is 1. The SMILES string of the molecule is Cc1[nH]c(=O)cc(O)c1C(=O)/C=C/c1cccc(OCC(=O)O)c1. The van der Waals surface area contributed by atoms with Crippen LogP contribution in [-0.2, 0) is 4.79 Å². The summed E-state index contributed by atoms with van der Waals surface area (Å²) in [6, 6.07) is 7.47. The number of pyridine rings is 1. The summed E-state index contributed by atoms with van der Waals surface area (Å²) in [6.45, 7) is 1.05. The number of rotatable bonds is 6. The summed E-state index contributed by atoms with van der Waals surface area (Å²) in [5, 5.41) is 18.3. The molecule has 0 atom stereocenters. The van der Waals surface area contributed by atoms with Gasteiger partial charge in [-0.1, -0.05) is 18.2 Å². The second-order valence-electron chi connectivity index (χ2n) is 4.97. The van der Waals surface area contributed by atoms with Crippen LogP contribution in [0.15, 0.2) is 41.2 Å². The molecule has 24 heavy (non-hydrogen) atoms. The molecule has 7 heteroatoms. The molecule has 0 amide bonds. The number of aromatic hydroxyl groups is 1. The van der Waals surface area contributed by atoms with E-state index in [1.54, 1.807) is 24.3 Å². The van der Waals surface area contributed by atoms with Crippen LogP contribution >= 0.6 is 0 Å². The third kappa shape index (κ3) is 4.33. The number of aromatic amines is 1. The number of hydrogen-bond acceptors (Lipinski definition) is 5. The molecular formula is C17H15NO6. The average molecular weight is 329 g/mol. The zero-order valence-electron chi connectivity index (χ0n) is 12.8. The monoisotopic (exact) mass is 329 g/mol. The maximum atomic E-state index is 12.2. The summed E-state index contributed by atoms with van der Waals surface area (Å²) in [4.78, 5) is 36.3. The molecule has 3 N–H and O–H groups in total. The van der Waals surface area contributed by atoms with Gasteiger partial charge in [-0.25, -0.2) is 4.79 Å². The Balaban J connectivity index is 2.19. The third-order valence-electron chi connectivity index (χ3n) is 3.10. The van der Waals surface area contributed by atoms with Crippen molar-refractivity contribution in [1.82, 2.24) is 4.98 Å². The standard InChI is InChI=1S/C17H15NO6/c1-10-17(14(20)8-15(21)18-10)13(19)6-5-11-3-2-4-12(7-11)24-9-16(22)23/h2-8H,9H2,1H3,(H,22,23)(H2,18,20,21)/b6-5+. The van der Waals surface area contributed by atoms with Crippen LogP contribution in [-0.4, -0.2) is 33.6 Å². The fourth-order valence-electron chi connectivity index (χ4n) is 2.09. The topological polar surface area (TPSA) is 117 Å². The number of allylic oxidation sites excluding steroid dienone is 1. The van der Waals surface area contributed by atoms with Crippen molar-refractivity contribution in [1.29, 1.82) is 0 Å². The Hall–Kier alpha value is -3.35. The second kappa shape index (κ2) is 7.28. The molecule has 0 radical (unpaired) electrons. The molecule has 0 aliphatic heterocycles. The molecule has 0 saturated heterocycles. The van der Waals surface area contributed by atoms with E-state index < -0.39 is 23.9 Å². The zero-order chi connectivity index (χ0) is 17.7. The molecule has 0 spiro atoms. The predicted octanol–water partition coefficient (Wildman–Crippen LogP) is 1.75. The van der Waals surface area contributed by atoms with Crippen LogP contribution in [0, 0.1) is 6.92 Å². The first kappa shape index (κ1) is 17.0. The van der Waals surface area contributed by atoms with E-state index in [2.05, 4.69) is 4.98 Å². The lowest BCUT2D eigenvalue weighted by atomic mass is 10.1. The number of aromatic nitrogens is 1. The highest BCUT2D eigenvalue weighted by Crippen LogP contribution is 2.19. The molecule has 0 saturated carbocycles. The molecule has 0 aliphatic rings. The van der Waals surface area contributed by atoms with Gasteiger partial charge in [0.05, 0.1) is 5.56 Å². The number of carboxylic acids is 1. The molecular weight excluding hydrogens is 314 g/mol. The summed E-state index contributed by atoms with van der Waals surface area (Å²) < 4.78 is 5.05. The summed E-state index contributed by atoms with van der Waals surface area (Å²) in [7, 11) is 0. The van der Waals surface area contributed by atoms with Crippen LogP contribution < -0.4 is 10.3 Å². The van der Waals surface area contributed by atoms with E-state index in [1.165, 1.54) is 19.1 Å². The average Bonchev–Trinajstić information content (AvgIpc) is 2.50. The molecule has 124 valence electrons. The summed E-state index contributed by atoms with van der Waals surface area (Å²) in [6.07, 6.45) is 2.75. The van der Waals surface area contributed by atoms with E-state index in [9.17, 15) is 19.5 Å². The maximum Gasteiger partial charge on any atom is 0.341 e. The minimum atomic E-state index is -1.09. The molecule has 2 aromatic rings. The first-order chi connectivity index (χ1) is 11.4. The Kier molecular flexibility index (Phi) is 5.16. The van der Waals surface area contributed by atoms with Crippen molar-refractivity contribution in [3.8, 4) is 11.5 Å². The van der Waals surface area contributed by atoms with Crippen molar-refractivity contribution in [2.24, 2.45) is 0 Å². The minimum Gasteiger partial charge on any atom is -0.507 e. The van der Waals surface area contributed by atoms with Crippen LogP contribution in [0.4, 0.5) is 0 Å². The molecule has 1 aromatic carbocycles. The van der Waals surface area contributed by atoms with Crippen LogP contribution in [0.5, 0.6) is 11.5 Å². The first-order valence-corrected chi connectivity index (χ1v) is 6.97. The smallest absolute Gasteiger partial charge is 0.341 e. The summed E-state index contributed by atoms with van der Waals surface area (Å²) in [5.41, 5.74) is 0.416. The maximum absolute atomic E-state index is 12.2. The summed E-state index contributed by atoms with van der Waals surface area (Å²) in [5.74, 6) is -1.59. The minimum absolute atomic E-state index is 0.0177. The van der Waals surface area contributed by atoms with Gasteiger partial charge in [-0.2, -0.15) is 0 Å². The summed E-state index contributed by atoms with van der Waals surface area (Å²) >= 11 is 0. The Bertz CT molecular complexity index is 839. The zero-order valence-corrected chi connectivity index (χ0v) is 12.8. The highest BCUT2D eigenvalue weighted by Gasteiger charge is 2.13.